The zero-order valence-electron chi connectivity index (χ0n) is 10.7. The molecule has 1 saturated carbocycles. The number of ether oxygens (including phenoxy) is 1. The molecule has 0 amide bonds. The first kappa shape index (κ1) is 13.6. The summed E-state index contributed by atoms with van der Waals surface area (Å²) in [6, 6.07) is 5.89. The summed E-state index contributed by atoms with van der Waals surface area (Å²) < 4.78 is 6.63. The predicted octanol–water partition coefficient (Wildman–Crippen LogP) is 4.29. The van der Waals surface area contributed by atoms with E-state index in [4.69, 9.17) is 4.74 Å². The fourth-order valence-corrected chi connectivity index (χ4v) is 2.76. The predicted molar refractivity (Wildman–Crippen MR) is 76.0 cm³/mol. The number of hydrogen-bond acceptors (Lipinski definition) is 2. The van der Waals surface area contributed by atoms with Crippen molar-refractivity contribution in [2.24, 2.45) is 5.92 Å². The largest absolute Gasteiger partial charge is 0.486 e. The molecule has 2 rings (SSSR count). The summed E-state index contributed by atoms with van der Waals surface area (Å²) in [5.74, 6) is 1.29. The van der Waals surface area contributed by atoms with Crippen LogP contribution in [0.5, 0.6) is 5.75 Å². The fraction of sp³-hybridized carbons (Fsp3) is 0.533. The third-order valence-corrected chi connectivity index (χ3v) is 4.07. The summed E-state index contributed by atoms with van der Waals surface area (Å²) in [4.78, 5) is 12.0. The Morgan fingerprint density at radius 3 is 2.78 bits per heavy atom. The molecule has 0 radical (unpaired) electrons. The van der Waals surface area contributed by atoms with Crippen molar-refractivity contribution in [1.82, 2.24) is 0 Å². The smallest absolute Gasteiger partial charge is 0.173 e. The molecular weight excluding hydrogens is 292 g/mol. The number of rotatable bonds is 4. The standard InChI is InChI=1S/C15H19BrO2/c1-11-7-8-13(16)9-15(11)18-10-14(17)12-5-3-2-4-6-12/h7-9,12H,2-6,10H2,1H3. The highest BCUT2D eigenvalue weighted by Gasteiger charge is 2.21. The Morgan fingerprint density at radius 1 is 1.33 bits per heavy atom. The maximum atomic E-state index is 12.0. The highest BCUT2D eigenvalue weighted by Crippen LogP contribution is 2.26. The molecule has 1 fully saturated rings. The van der Waals surface area contributed by atoms with E-state index in [1.165, 1.54) is 19.3 Å². The number of hydrogen-bond donors (Lipinski definition) is 0. The number of benzene rings is 1. The fourth-order valence-electron chi connectivity index (χ4n) is 2.42. The molecule has 0 bridgehead atoms. The van der Waals surface area contributed by atoms with Crippen LogP contribution in [-0.2, 0) is 4.79 Å². The van der Waals surface area contributed by atoms with Crippen molar-refractivity contribution in [3.05, 3.63) is 28.2 Å². The highest BCUT2D eigenvalue weighted by atomic mass is 79.9. The summed E-state index contributed by atoms with van der Waals surface area (Å²) >= 11 is 3.42. The lowest BCUT2D eigenvalue weighted by atomic mass is 9.86. The van der Waals surface area contributed by atoms with Gasteiger partial charge in [-0.15, -0.1) is 0 Å². The molecule has 98 valence electrons. The Hall–Kier alpha value is -0.830. The van der Waals surface area contributed by atoms with Crippen molar-refractivity contribution in [2.45, 2.75) is 39.0 Å². The van der Waals surface area contributed by atoms with Gasteiger partial charge in [0, 0.05) is 10.4 Å². The summed E-state index contributed by atoms with van der Waals surface area (Å²) in [5.41, 5.74) is 1.06. The van der Waals surface area contributed by atoms with E-state index in [2.05, 4.69) is 15.9 Å². The Labute approximate surface area is 117 Å². The lowest BCUT2D eigenvalue weighted by Gasteiger charge is -2.20. The van der Waals surface area contributed by atoms with Crippen LogP contribution in [0.2, 0.25) is 0 Å². The van der Waals surface area contributed by atoms with Crippen LogP contribution in [0.1, 0.15) is 37.7 Å². The Kier molecular flexibility index (Phi) is 4.81. The summed E-state index contributed by atoms with van der Waals surface area (Å²) in [6.07, 6.45) is 5.73. The van der Waals surface area contributed by atoms with Crippen molar-refractivity contribution in [1.29, 1.82) is 0 Å². The topological polar surface area (TPSA) is 26.3 Å². The van der Waals surface area contributed by atoms with Crippen LogP contribution < -0.4 is 4.74 Å². The third kappa shape index (κ3) is 3.58. The number of aryl methyl sites for hydroxylation is 1. The van der Waals surface area contributed by atoms with Gasteiger partial charge in [-0.05, 0) is 37.5 Å². The van der Waals surface area contributed by atoms with E-state index in [-0.39, 0.29) is 18.3 Å². The second-order valence-electron chi connectivity index (χ2n) is 5.00. The first-order chi connectivity index (χ1) is 8.66. The van der Waals surface area contributed by atoms with Gasteiger partial charge in [0.25, 0.3) is 0 Å². The first-order valence-electron chi connectivity index (χ1n) is 6.58. The van der Waals surface area contributed by atoms with E-state index in [0.717, 1.165) is 28.6 Å². The van der Waals surface area contributed by atoms with E-state index in [9.17, 15) is 4.79 Å². The molecule has 0 atom stereocenters. The van der Waals surface area contributed by atoms with Crippen LogP contribution in [-0.4, -0.2) is 12.4 Å². The molecule has 0 aliphatic heterocycles. The zero-order chi connectivity index (χ0) is 13.0. The van der Waals surface area contributed by atoms with E-state index >= 15 is 0 Å². The van der Waals surface area contributed by atoms with Crippen LogP contribution in [0, 0.1) is 12.8 Å². The molecular formula is C15H19BrO2. The molecule has 0 heterocycles. The van der Waals surface area contributed by atoms with Gasteiger partial charge in [-0.3, -0.25) is 4.79 Å². The monoisotopic (exact) mass is 310 g/mol. The molecule has 0 spiro atoms. The molecule has 1 aliphatic rings. The van der Waals surface area contributed by atoms with Crippen molar-refractivity contribution < 1.29 is 9.53 Å². The molecule has 0 saturated heterocycles. The number of carbonyl (C=O) groups is 1. The molecule has 3 heteroatoms. The van der Waals surface area contributed by atoms with Gasteiger partial charge < -0.3 is 4.74 Å². The number of carbonyl (C=O) groups excluding carboxylic acids is 1. The van der Waals surface area contributed by atoms with Crippen LogP contribution in [0.25, 0.3) is 0 Å². The van der Waals surface area contributed by atoms with Gasteiger partial charge in [0.15, 0.2) is 5.78 Å². The minimum atomic E-state index is 0.210. The lowest BCUT2D eigenvalue weighted by molar-refractivity contribution is -0.125. The normalized spacial score (nSPS) is 16.6. The van der Waals surface area contributed by atoms with E-state index < -0.39 is 0 Å². The first-order valence-corrected chi connectivity index (χ1v) is 7.38. The van der Waals surface area contributed by atoms with Crippen molar-refractivity contribution in [2.75, 3.05) is 6.61 Å². The van der Waals surface area contributed by atoms with E-state index in [0.29, 0.717) is 0 Å². The summed E-state index contributed by atoms with van der Waals surface area (Å²) in [6.45, 7) is 2.20. The Balaban J connectivity index is 1.90. The number of ketones is 1. The molecule has 1 aliphatic carbocycles. The molecule has 18 heavy (non-hydrogen) atoms. The second kappa shape index (κ2) is 6.37. The van der Waals surface area contributed by atoms with E-state index in [1.54, 1.807) is 0 Å². The van der Waals surface area contributed by atoms with E-state index in [1.807, 2.05) is 25.1 Å². The average Bonchev–Trinajstić information content (AvgIpc) is 2.40. The number of Topliss-reactive ketones (excluding diaryl/α,β-unsaturated/α-hetero) is 1. The van der Waals surface area contributed by atoms with Crippen molar-refractivity contribution in [3.8, 4) is 5.75 Å². The average molecular weight is 311 g/mol. The minimum absolute atomic E-state index is 0.210. The van der Waals surface area contributed by atoms with Gasteiger partial charge in [0.2, 0.25) is 0 Å². The molecule has 1 aromatic rings. The molecule has 0 aromatic heterocycles. The lowest BCUT2D eigenvalue weighted by Crippen LogP contribution is -2.23. The summed E-state index contributed by atoms with van der Waals surface area (Å²) in [7, 11) is 0. The van der Waals surface area contributed by atoms with Crippen LogP contribution >= 0.6 is 15.9 Å². The van der Waals surface area contributed by atoms with Gasteiger partial charge in [-0.25, -0.2) is 0 Å². The zero-order valence-corrected chi connectivity index (χ0v) is 12.3. The number of halogens is 1. The third-order valence-electron chi connectivity index (χ3n) is 3.58. The van der Waals surface area contributed by atoms with Crippen LogP contribution in [0.15, 0.2) is 22.7 Å². The molecule has 0 unspecified atom stereocenters. The van der Waals surface area contributed by atoms with Crippen LogP contribution in [0.4, 0.5) is 0 Å². The second-order valence-corrected chi connectivity index (χ2v) is 5.92. The van der Waals surface area contributed by atoms with Gasteiger partial charge in [-0.2, -0.15) is 0 Å². The molecule has 2 nitrogen and oxygen atoms in total. The van der Waals surface area contributed by atoms with Gasteiger partial charge in [0.05, 0.1) is 0 Å². The quantitative estimate of drug-likeness (QED) is 0.829. The molecule has 1 aromatic carbocycles. The van der Waals surface area contributed by atoms with Crippen molar-refractivity contribution in [3.63, 3.8) is 0 Å². The highest BCUT2D eigenvalue weighted by molar-refractivity contribution is 9.10. The van der Waals surface area contributed by atoms with Gasteiger partial charge in [-0.1, -0.05) is 41.3 Å². The minimum Gasteiger partial charge on any atom is -0.486 e. The van der Waals surface area contributed by atoms with Crippen molar-refractivity contribution >= 4 is 21.7 Å². The Bertz CT molecular complexity index is 423. The molecule has 0 N–H and O–H groups in total. The Morgan fingerprint density at radius 2 is 2.06 bits per heavy atom. The summed E-state index contributed by atoms with van der Waals surface area (Å²) in [5, 5.41) is 0. The SMILES string of the molecule is Cc1ccc(Br)cc1OCC(=O)C1CCCCC1. The van der Waals surface area contributed by atoms with Gasteiger partial charge in [0.1, 0.15) is 12.4 Å². The maximum Gasteiger partial charge on any atom is 0.173 e. The van der Waals surface area contributed by atoms with Gasteiger partial charge >= 0.3 is 0 Å². The maximum absolute atomic E-state index is 12.0. The van der Waals surface area contributed by atoms with Crippen LogP contribution in [0.3, 0.4) is 0 Å².